The standard InChI is InChI=1S/C16H18N2O3S/c1-12(2)17-15-10-6-7-11-18(15)16(19)13-8-4-5-9-14(13)22(3,20)21/h4-12H,1-3H3. The molecule has 1 heterocycles. The molecule has 0 unspecified atom stereocenters. The van der Waals surface area contributed by atoms with E-state index in [9.17, 15) is 13.2 Å². The second-order valence-corrected chi connectivity index (χ2v) is 7.21. The van der Waals surface area contributed by atoms with Gasteiger partial charge in [-0.1, -0.05) is 18.2 Å². The maximum absolute atomic E-state index is 12.8. The third kappa shape index (κ3) is 3.51. The highest BCUT2D eigenvalue weighted by molar-refractivity contribution is 7.90. The van der Waals surface area contributed by atoms with Crippen molar-refractivity contribution in [2.24, 2.45) is 4.99 Å². The van der Waals surface area contributed by atoms with Crippen molar-refractivity contribution in [2.75, 3.05) is 6.26 Å². The van der Waals surface area contributed by atoms with Crippen molar-refractivity contribution >= 4 is 15.7 Å². The number of rotatable bonds is 3. The summed E-state index contributed by atoms with van der Waals surface area (Å²) in [5, 5.41) is 0. The molecule has 0 fully saturated rings. The van der Waals surface area contributed by atoms with Gasteiger partial charge >= 0.3 is 0 Å². The maximum Gasteiger partial charge on any atom is 0.264 e. The van der Waals surface area contributed by atoms with Crippen molar-refractivity contribution in [1.29, 1.82) is 0 Å². The van der Waals surface area contributed by atoms with Crippen LogP contribution in [0, 0.1) is 0 Å². The molecule has 0 aliphatic carbocycles. The van der Waals surface area contributed by atoms with Gasteiger partial charge in [0.25, 0.3) is 5.91 Å². The van der Waals surface area contributed by atoms with Crippen LogP contribution in [0.4, 0.5) is 0 Å². The first-order valence-electron chi connectivity index (χ1n) is 6.86. The summed E-state index contributed by atoms with van der Waals surface area (Å²) in [7, 11) is -3.49. The largest absolute Gasteiger partial charge is 0.268 e. The quantitative estimate of drug-likeness (QED) is 0.868. The lowest BCUT2D eigenvalue weighted by atomic mass is 10.2. The molecule has 0 aliphatic heterocycles. The molecule has 0 atom stereocenters. The Morgan fingerprint density at radius 1 is 1.09 bits per heavy atom. The molecule has 0 amide bonds. The highest BCUT2D eigenvalue weighted by Gasteiger charge is 2.19. The van der Waals surface area contributed by atoms with E-state index in [0.29, 0.717) is 5.49 Å². The second-order valence-electron chi connectivity index (χ2n) is 5.23. The molecule has 116 valence electrons. The van der Waals surface area contributed by atoms with E-state index in [1.807, 2.05) is 13.8 Å². The molecule has 0 N–H and O–H groups in total. The van der Waals surface area contributed by atoms with Crippen LogP contribution >= 0.6 is 0 Å². The number of carbonyl (C=O) groups excluding carboxylic acids is 1. The van der Waals surface area contributed by atoms with E-state index in [-0.39, 0.29) is 16.5 Å². The van der Waals surface area contributed by atoms with E-state index < -0.39 is 15.7 Å². The molecule has 0 spiro atoms. The Hall–Kier alpha value is -2.21. The molecule has 0 saturated carbocycles. The third-order valence-electron chi connectivity index (χ3n) is 2.96. The summed E-state index contributed by atoms with van der Waals surface area (Å²) in [6.07, 6.45) is 2.68. The van der Waals surface area contributed by atoms with Gasteiger partial charge in [0.2, 0.25) is 0 Å². The fraction of sp³-hybridized carbons (Fsp3) is 0.250. The molecule has 5 nitrogen and oxygen atoms in total. The van der Waals surface area contributed by atoms with Crippen molar-refractivity contribution in [3.05, 3.63) is 59.7 Å². The zero-order valence-electron chi connectivity index (χ0n) is 12.7. The molecule has 2 rings (SSSR count). The minimum atomic E-state index is -3.49. The lowest BCUT2D eigenvalue weighted by Crippen LogP contribution is -2.29. The number of hydrogen-bond donors (Lipinski definition) is 0. The molecule has 1 aromatic carbocycles. The zero-order chi connectivity index (χ0) is 16.3. The lowest BCUT2D eigenvalue weighted by molar-refractivity contribution is 0.0951. The van der Waals surface area contributed by atoms with E-state index in [2.05, 4.69) is 4.99 Å². The van der Waals surface area contributed by atoms with Gasteiger partial charge < -0.3 is 0 Å². The van der Waals surface area contributed by atoms with E-state index in [1.165, 1.54) is 16.7 Å². The van der Waals surface area contributed by atoms with Crippen LogP contribution in [0.25, 0.3) is 0 Å². The fourth-order valence-electron chi connectivity index (χ4n) is 2.07. The Labute approximate surface area is 129 Å². The van der Waals surface area contributed by atoms with Crippen LogP contribution in [0.1, 0.15) is 24.2 Å². The van der Waals surface area contributed by atoms with Crippen LogP contribution in [0.3, 0.4) is 0 Å². The summed E-state index contributed by atoms with van der Waals surface area (Å²) < 4.78 is 25.1. The number of aromatic nitrogens is 1. The number of nitrogens with zero attached hydrogens (tertiary/aromatic N) is 2. The van der Waals surface area contributed by atoms with E-state index >= 15 is 0 Å². The number of carbonyl (C=O) groups is 1. The number of pyridine rings is 1. The Morgan fingerprint density at radius 3 is 2.36 bits per heavy atom. The first-order chi connectivity index (χ1) is 10.3. The third-order valence-corrected chi connectivity index (χ3v) is 4.12. The van der Waals surface area contributed by atoms with Gasteiger partial charge in [-0.2, -0.15) is 0 Å². The van der Waals surface area contributed by atoms with Crippen molar-refractivity contribution in [3.8, 4) is 0 Å². The smallest absolute Gasteiger partial charge is 0.264 e. The summed E-state index contributed by atoms with van der Waals surface area (Å²) >= 11 is 0. The topological polar surface area (TPSA) is 68.5 Å². The SMILES string of the molecule is CC(C)N=c1ccccn1C(=O)c1ccccc1S(C)(=O)=O. The Balaban J connectivity index is 2.66. The van der Waals surface area contributed by atoms with Gasteiger partial charge in [0.15, 0.2) is 9.84 Å². The van der Waals surface area contributed by atoms with Gasteiger partial charge in [-0.05, 0) is 38.1 Å². The zero-order valence-corrected chi connectivity index (χ0v) is 13.5. The summed E-state index contributed by atoms with van der Waals surface area (Å²) in [5.74, 6) is -0.416. The summed E-state index contributed by atoms with van der Waals surface area (Å²) in [4.78, 5) is 17.2. The molecule has 0 radical (unpaired) electrons. The Morgan fingerprint density at radius 2 is 1.73 bits per heavy atom. The molecule has 0 bridgehead atoms. The summed E-state index contributed by atoms with van der Waals surface area (Å²) in [6, 6.07) is 11.4. The van der Waals surface area contributed by atoms with Crippen LogP contribution in [0.5, 0.6) is 0 Å². The molecule has 0 saturated heterocycles. The molecule has 1 aromatic heterocycles. The Kier molecular flexibility index (Phi) is 4.61. The van der Waals surface area contributed by atoms with Crippen LogP contribution in [0.2, 0.25) is 0 Å². The Bertz CT molecular complexity index is 865. The van der Waals surface area contributed by atoms with E-state index in [0.717, 1.165) is 6.26 Å². The second kappa shape index (κ2) is 6.27. The normalized spacial score (nSPS) is 12.6. The highest BCUT2D eigenvalue weighted by atomic mass is 32.2. The predicted octanol–water partition coefficient (Wildman–Crippen LogP) is 1.89. The number of benzene rings is 1. The van der Waals surface area contributed by atoms with Gasteiger partial charge in [-0.15, -0.1) is 0 Å². The van der Waals surface area contributed by atoms with Gasteiger partial charge in [0, 0.05) is 18.5 Å². The molecular formula is C16H18N2O3S. The molecule has 6 heteroatoms. The van der Waals surface area contributed by atoms with Gasteiger partial charge in [0.05, 0.1) is 10.5 Å². The monoisotopic (exact) mass is 318 g/mol. The van der Waals surface area contributed by atoms with Crippen molar-refractivity contribution in [1.82, 2.24) is 4.57 Å². The summed E-state index contributed by atoms with van der Waals surface area (Å²) in [5.41, 5.74) is 0.632. The fourth-order valence-corrected chi connectivity index (χ4v) is 2.95. The summed E-state index contributed by atoms with van der Waals surface area (Å²) in [6.45, 7) is 3.82. The minimum Gasteiger partial charge on any atom is -0.268 e. The van der Waals surface area contributed by atoms with Gasteiger partial charge in [-0.25, -0.2) is 8.42 Å². The van der Waals surface area contributed by atoms with E-state index in [1.54, 1.807) is 36.5 Å². The van der Waals surface area contributed by atoms with Gasteiger partial charge in [-0.3, -0.25) is 14.4 Å². The van der Waals surface area contributed by atoms with Gasteiger partial charge in [0.1, 0.15) is 5.49 Å². The van der Waals surface area contributed by atoms with Crippen LogP contribution in [-0.2, 0) is 9.84 Å². The first-order valence-corrected chi connectivity index (χ1v) is 8.75. The molecular weight excluding hydrogens is 300 g/mol. The number of hydrogen-bond acceptors (Lipinski definition) is 4. The van der Waals surface area contributed by atoms with Crippen LogP contribution in [-0.4, -0.2) is 31.2 Å². The molecule has 2 aromatic rings. The van der Waals surface area contributed by atoms with Crippen molar-refractivity contribution in [3.63, 3.8) is 0 Å². The van der Waals surface area contributed by atoms with E-state index in [4.69, 9.17) is 0 Å². The van der Waals surface area contributed by atoms with Crippen LogP contribution < -0.4 is 5.49 Å². The maximum atomic E-state index is 12.8. The average Bonchev–Trinajstić information content (AvgIpc) is 2.45. The van der Waals surface area contributed by atoms with Crippen molar-refractivity contribution < 1.29 is 13.2 Å². The highest BCUT2D eigenvalue weighted by Crippen LogP contribution is 2.16. The number of sulfone groups is 1. The first kappa shape index (κ1) is 16.2. The molecule has 22 heavy (non-hydrogen) atoms. The predicted molar refractivity (Wildman–Crippen MR) is 84.4 cm³/mol. The minimum absolute atomic E-state index is 0.0200. The lowest BCUT2D eigenvalue weighted by Gasteiger charge is -2.10. The average molecular weight is 318 g/mol. The van der Waals surface area contributed by atoms with Crippen LogP contribution in [0.15, 0.2) is 58.5 Å². The van der Waals surface area contributed by atoms with Crippen molar-refractivity contribution in [2.45, 2.75) is 24.8 Å². The molecule has 0 aliphatic rings.